The van der Waals surface area contributed by atoms with Gasteiger partial charge in [0.25, 0.3) is 0 Å². The number of ether oxygens (including phenoxy) is 4. The number of hydrogen-bond acceptors (Lipinski definition) is 10. The van der Waals surface area contributed by atoms with Gasteiger partial charge in [-0.05, 0) is 82.1 Å². The van der Waals surface area contributed by atoms with Crippen molar-refractivity contribution in [2.24, 2.45) is 4.99 Å². The Morgan fingerprint density at radius 2 is 1.50 bits per heavy atom. The molecule has 1 saturated heterocycles. The third kappa shape index (κ3) is 12.5. The number of carbonyl (C=O) groups excluding carboxylic acids is 4. The van der Waals surface area contributed by atoms with Crippen molar-refractivity contribution in [1.82, 2.24) is 21.1 Å². The summed E-state index contributed by atoms with van der Waals surface area (Å²) in [7, 11) is 1.57. The average molecular weight is 600 g/mol. The standard InChI is InChI=1S/C29H53N5O8/c1-14-15-29(12,39-13)22(31-18(2)35)21-19(16-20(32-21)23(36)40-26(3,4)5)30-17-34(25(38)42-28(9,10)11)33-24(37)41-27(6,7)8/h17,19-22,32H,14-16H2,1-13H3,(H,31,35)(H,33,37). The summed E-state index contributed by atoms with van der Waals surface area (Å²) >= 11 is 0. The monoisotopic (exact) mass is 599 g/mol. The molecule has 1 heterocycles. The quantitative estimate of drug-likeness (QED) is 0.118. The lowest BCUT2D eigenvalue weighted by molar-refractivity contribution is -0.157. The Bertz CT molecular complexity index is 982. The van der Waals surface area contributed by atoms with E-state index in [0.717, 1.165) is 17.8 Å². The minimum atomic E-state index is -0.894. The molecule has 3 amide bonds. The third-order valence-corrected chi connectivity index (χ3v) is 6.14. The molecule has 1 rings (SSSR count). The van der Waals surface area contributed by atoms with Gasteiger partial charge in [0.15, 0.2) is 0 Å². The van der Waals surface area contributed by atoms with Crippen LogP contribution in [0.15, 0.2) is 4.99 Å². The van der Waals surface area contributed by atoms with Crippen LogP contribution in [0, 0.1) is 0 Å². The summed E-state index contributed by atoms with van der Waals surface area (Å²) in [6.07, 6.45) is 0.900. The zero-order valence-electron chi connectivity index (χ0n) is 27.7. The Balaban J connectivity index is 3.55. The van der Waals surface area contributed by atoms with Crippen LogP contribution in [-0.2, 0) is 28.5 Å². The first-order valence-corrected chi connectivity index (χ1v) is 14.4. The van der Waals surface area contributed by atoms with Gasteiger partial charge in [-0.15, -0.1) is 0 Å². The molecule has 5 atom stereocenters. The van der Waals surface area contributed by atoms with Crippen LogP contribution in [-0.4, -0.2) is 89.1 Å². The van der Waals surface area contributed by atoms with Crippen LogP contribution in [0.1, 0.15) is 102 Å². The smallest absolute Gasteiger partial charge is 0.435 e. The molecule has 42 heavy (non-hydrogen) atoms. The van der Waals surface area contributed by atoms with Gasteiger partial charge in [-0.3, -0.25) is 19.9 Å². The number of esters is 1. The van der Waals surface area contributed by atoms with E-state index in [1.165, 1.54) is 6.92 Å². The van der Waals surface area contributed by atoms with Gasteiger partial charge in [0.05, 0.1) is 23.7 Å². The van der Waals surface area contributed by atoms with Crippen LogP contribution in [0.5, 0.6) is 0 Å². The normalized spacial score (nSPS) is 21.7. The predicted octanol–water partition coefficient (Wildman–Crippen LogP) is 3.84. The van der Waals surface area contributed by atoms with Gasteiger partial charge in [0, 0.05) is 14.0 Å². The van der Waals surface area contributed by atoms with Gasteiger partial charge < -0.3 is 24.3 Å². The summed E-state index contributed by atoms with van der Waals surface area (Å²) in [5, 5.41) is 7.09. The van der Waals surface area contributed by atoms with Crippen molar-refractivity contribution in [1.29, 1.82) is 0 Å². The van der Waals surface area contributed by atoms with Crippen LogP contribution < -0.4 is 16.1 Å². The van der Waals surface area contributed by atoms with Gasteiger partial charge in [0.2, 0.25) is 5.91 Å². The summed E-state index contributed by atoms with van der Waals surface area (Å²) in [4.78, 5) is 55.7. The van der Waals surface area contributed by atoms with E-state index in [4.69, 9.17) is 18.9 Å². The SMILES string of the molecule is CCCC(C)(OC)C(NC(C)=O)C1NC(C(=O)OC(C)(C)C)CC1N=CN(NC(=O)OC(C)(C)C)C(=O)OC(C)(C)C. The Morgan fingerprint density at radius 1 is 0.952 bits per heavy atom. The van der Waals surface area contributed by atoms with Gasteiger partial charge in [-0.2, -0.15) is 5.01 Å². The van der Waals surface area contributed by atoms with Crippen molar-refractivity contribution in [2.45, 2.75) is 149 Å². The summed E-state index contributed by atoms with van der Waals surface area (Å²) in [6, 6.07) is -2.65. The van der Waals surface area contributed by atoms with Crippen LogP contribution in [0.3, 0.4) is 0 Å². The second kappa shape index (κ2) is 14.5. The number of hydrazine groups is 1. The van der Waals surface area contributed by atoms with E-state index in [9.17, 15) is 19.2 Å². The molecule has 0 aromatic heterocycles. The molecule has 0 aliphatic carbocycles. The lowest BCUT2D eigenvalue weighted by Gasteiger charge is -2.41. The van der Waals surface area contributed by atoms with E-state index in [1.54, 1.807) is 69.4 Å². The number of carbonyl (C=O) groups is 4. The van der Waals surface area contributed by atoms with Crippen LogP contribution in [0.25, 0.3) is 0 Å². The maximum absolute atomic E-state index is 13.1. The highest BCUT2D eigenvalue weighted by atomic mass is 16.6. The number of rotatable bonds is 9. The van der Waals surface area contributed by atoms with Crippen molar-refractivity contribution in [3.05, 3.63) is 0 Å². The fourth-order valence-electron chi connectivity index (χ4n) is 4.52. The molecule has 242 valence electrons. The molecule has 1 fully saturated rings. The van der Waals surface area contributed by atoms with Crippen molar-refractivity contribution in [3.63, 3.8) is 0 Å². The molecule has 5 unspecified atom stereocenters. The molecule has 0 saturated carbocycles. The first kappa shape index (κ1) is 37.1. The van der Waals surface area contributed by atoms with Crippen LogP contribution in [0.2, 0.25) is 0 Å². The zero-order valence-corrected chi connectivity index (χ0v) is 27.7. The molecule has 13 heteroatoms. The molecule has 0 spiro atoms. The minimum Gasteiger partial charge on any atom is -0.459 e. The Kier molecular flexibility index (Phi) is 12.8. The topological polar surface area (TPSA) is 157 Å². The maximum atomic E-state index is 13.1. The number of hydrogen-bond donors (Lipinski definition) is 3. The zero-order chi connectivity index (χ0) is 32.7. The molecular formula is C29H53N5O8. The second-order valence-corrected chi connectivity index (χ2v) is 13.8. The largest absolute Gasteiger partial charge is 0.459 e. The molecule has 13 nitrogen and oxygen atoms in total. The first-order valence-electron chi connectivity index (χ1n) is 14.4. The summed E-state index contributed by atoms with van der Waals surface area (Å²) in [6.45, 7) is 20.8. The van der Waals surface area contributed by atoms with Gasteiger partial charge in [0.1, 0.15) is 29.2 Å². The molecular weight excluding hydrogens is 546 g/mol. The van der Waals surface area contributed by atoms with E-state index in [-0.39, 0.29) is 12.3 Å². The summed E-state index contributed by atoms with van der Waals surface area (Å²) in [5.41, 5.74) is -0.870. The van der Waals surface area contributed by atoms with Gasteiger partial charge >= 0.3 is 18.2 Å². The number of aliphatic imine (C=N–C) groups is 1. The molecule has 0 bridgehead atoms. The molecule has 0 aromatic rings. The number of amides is 3. The Labute approximate surface area is 250 Å². The molecule has 3 N–H and O–H groups in total. The van der Waals surface area contributed by atoms with Gasteiger partial charge in [-0.25, -0.2) is 15.0 Å². The minimum absolute atomic E-state index is 0.187. The van der Waals surface area contributed by atoms with Crippen molar-refractivity contribution < 1.29 is 38.1 Å². The van der Waals surface area contributed by atoms with Crippen LogP contribution in [0.4, 0.5) is 9.59 Å². The Hall–Kier alpha value is -2.93. The van der Waals surface area contributed by atoms with Gasteiger partial charge in [-0.1, -0.05) is 13.3 Å². The lowest BCUT2D eigenvalue weighted by Crippen LogP contribution is -2.63. The van der Waals surface area contributed by atoms with E-state index >= 15 is 0 Å². The van der Waals surface area contributed by atoms with E-state index < -0.39 is 64.7 Å². The lowest BCUT2D eigenvalue weighted by atomic mass is 9.84. The second-order valence-electron chi connectivity index (χ2n) is 13.8. The average Bonchev–Trinajstić information content (AvgIpc) is 3.20. The fraction of sp³-hybridized carbons (Fsp3) is 0.828. The number of nitrogens with one attached hydrogen (secondary N) is 3. The van der Waals surface area contributed by atoms with Crippen molar-refractivity contribution >= 4 is 30.4 Å². The summed E-state index contributed by atoms with van der Waals surface area (Å²) < 4.78 is 22.3. The highest BCUT2D eigenvalue weighted by molar-refractivity contribution is 5.85. The molecule has 1 aliphatic heterocycles. The maximum Gasteiger partial charge on any atom is 0.435 e. The highest BCUT2D eigenvalue weighted by Crippen LogP contribution is 2.31. The number of nitrogens with zero attached hydrogens (tertiary/aromatic N) is 2. The predicted molar refractivity (Wildman–Crippen MR) is 159 cm³/mol. The van der Waals surface area contributed by atoms with E-state index in [0.29, 0.717) is 6.42 Å². The molecule has 0 radical (unpaired) electrons. The summed E-state index contributed by atoms with van der Waals surface area (Å²) in [5.74, 6) is -0.760. The number of methoxy groups -OCH3 is 1. The van der Waals surface area contributed by atoms with Crippen molar-refractivity contribution in [2.75, 3.05) is 7.11 Å². The highest BCUT2D eigenvalue weighted by Gasteiger charge is 2.49. The van der Waals surface area contributed by atoms with Crippen molar-refractivity contribution in [3.8, 4) is 0 Å². The fourth-order valence-corrected chi connectivity index (χ4v) is 4.52. The molecule has 0 aromatic carbocycles. The third-order valence-electron chi connectivity index (χ3n) is 6.14. The Morgan fingerprint density at radius 3 is 1.95 bits per heavy atom. The van der Waals surface area contributed by atoms with Crippen LogP contribution >= 0.6 is 0 Å². The van der Waals surface area contributed by atoms with E-state index in [2.05, 4.69) is 21.1 Å². The first-order chi connectivity index (χ1) is 19.0. The van der Waals surface area contributed by atoms with E-state index in [1.807, 2.05) is 13.8 Å². The molecule has 1 aliphatic rings.